The number of carbonyl (C=O) groups excluding carboxylic acids is 1. The molecule has 1 atom stereocenters. The van der Waals surface area contributed by atoms with Gasteiger partial charge in [-0.25, -0.2) is 0 Å². The third kappa shape index (κ3) is 4.32. The molecule has 6 heteroatoms. The highest BCUT2D eigenvalue weighted by molar-refractivity contribution is 6.30. The van der Waals surface area contributed by atoms with E-state index >= 15 is 0 Å². The Labute approximate surface area is 176 Å². The fraction of sp³-hybridized carbons (Fsp3) is 0.348. The van der Waals surface area contributed by atoms with E-state index in [9.17, 15) is 4.79 Å². The zero-order chi connectivity index (χ0) is 20.4. The van der Waals surface area contributed by atoms with Crippen LogP contribution in [-0.4, -0.2) is 48.2 Å². The number of hydrogen-bond donors (Lipinski definition) is 1. The topological polar surface area (TPSA) is 46.5 Å². The lowest BCUT2D eigenvalue weighted by Gasteiger charge is -2.35. The number of nitrogens with zero attached hydrogens (tertiary/aromatic N) is 2. The minimum absolute atomic E-state index is 0.0615. The zero-order valence-corrected chi connectivity index (χ0v) is 17.6. The predicted molar refractivity (Wildman–Crippen MR) is 117 cm³/mol. The van der Waals surface area contributed by atoms with Crippen LogP contribution in [-0.2, 0) is 11.8 Å². The SMILES string of the molecule is Cc1ccc2c(c1)cc(C(=O)NC[C@H](c1ccc(Cl)cc1)N1CCOCC1)n2C. The van der Waals surface area contributed by atoms with Crippen molar-refractivity contribution in [2.75, 3.05) is 32.8 Å². The van der Waals surface area contributed by atoms with Crippen LogP contribution in [0.4, 0.5) is 0 Å². The molecule has 1 aliphatic heterocycles. The van der Waals surface area contributed by atoms with Crippen LogP contribution in [0.15, 0.2) is 48.5 Å². The summed E-state index contributed by atoms with van der Waals surface area (Å²) in [5, 5.41) is 4.95. The first kappa shape index (κ1) is 20.0. The van der Waals surface area contributed by atoms with E-state index in [1.54, 1.807) is 0 Å². The van der Waals surface area contributed by atoms with Crippen LogP contribution < -0.4 is 5.32 Å². The summed E-state index contributed by atoms with van der Waals surface area (Å²) in [6.07, 6.45) is 0. The molecule has 4 rings (SSSR count). The molecule has 152 valence electrons. The third-order valence-electron chi connectivity index (χ3n) is 5.63. The number of carbonyl (C=O) groups is 1. The first-order chi connectivity index (χ1) is 14.0. The van der Waals surface area contributed by atoms with Gasteiger partial charge in [0.15, 0.2) is 0 Å². The lowest BCUT2D eigenvalue weighted by Crippen LogP contribution is -2.44. The zero-order valence-electron chi connectivity index (χ0n) is 16.8. The van der Waals surface area contributed by atoms with E-state index in [1.165, 1.54) is 5.56 Å². The lowest BCUT2D eigenvalue weighted by molar-refractivity contribution is 0.0162. The molecule has 3 aromatic rings. The van der Waals surface area contributed by atoms with Gasteiger partial charge in [0.2, 0.25) is 0 Å². The molecular formula is C23H26ClN3O2. The Hall–Kier alpha value is -2.34. The van der Waals surface area contributed by atoms with Crippen molar-refractivity contribution in [2.24, 2.45) is 7.05 Å². The van der Waals surface area contributed by atoms with Crippen molar-refractivity contribution in [1.82, 2.24) is 14.8 Å². The normalized spacial score (nSPS) is 16.1. The number of rotatable bonds is 5. The molecule has 5 nitrogen and oxygen atoms in total. The number of morpholine rings is 1. The molecule has 0 aliphatic carbocycles. The third-order valence-corrected chi connectivity index (χ3v) is 5.88. The highest BCUT2D eigenvalue weighted by Gasteiger charge is 2.24. The van der Waals surface area contributed by atoms with Crippen molar-refractivity contribution in [3.8, 4) is 0 Å². The molecule has 1 aliphatic rings. The molecule has 0 spiro atoms. The molecule has 0 bridgehead atoms. The van der Waals surface area contributed by atoms with Crippen LogP contribution in [0.3, 0.4) is 0 Å². The summed E-state index contributed by atoms with van der Waals surface area (Å²) < 4.78 is 7.46. The van der Waals surface area contributed by atoms with Gasteiger partial charge in [-0.1, -0.05) is 35.4 Å². The molecule has 1 amide bonds. The van der Waals surface area contributed by atoms with Crippen molar-refractivity contribution in [1.29, 1.82) is 0 Å². The van der Waals surface area contributed by atoms with Crippen LogP contribution in [0.25, 0.3) is 10.9 Å². The van der Waals surface area contributed by atoms with Gasteiger partial charge in [-0.2, -0.15) is 0 Å². The second-order valence-electron chi connectivity index (χ2n) is 7.58. The number of aryl methyl sites for hydroxylation is 2. The Kier molecular flexibility index (Phi) is 5.90. The van der Waals surface area contributed by atoms with Crippen LogP contribution in [0.2, 0.25) is 5.02 Å². The molecular weight excluding hydrogens is 386 g/mol. The van der Waals surface area contributed by atoms with Crippen molar-refractivity contribution in [3.05, 3.63) is 70.4 Å². The minimum Gasteiger partial charge on any atom is -0.379 e. The summed E-state index contributed by atoms with van der Waals surface area (Å²) in [5.74, 6) is -0.0615. The van der Waals surface area contributed by atoms with Crippen molar-refractivity contribution >= 4 is 28.4 Å². The van der Waals surface area contributed by atoms with Gasteiger partial charge < -0.3 is 14.6 Å². The maximum atomic E-state index is 13.0. The van der Waals surface area contributed by atoms with Gasteiger partial charge in [-0.15, -0.1) is 0 Å². The molecule has 1 saturated heterocycles. The quantitative estimate of drug-likeness (QED) is 0.691. The fourth-order valence-electron chi connectivity index (χ4n) is 4.00. The molecule has 2 heterocycles. The van der Waals surface area contributed by atoms with Crippen LogP contribution in [0.1, 0.15) is 27.7 Å². The van der Waals surface area contributed by atoms with Crippen molar-refractivity contribution in [3.63, 3.8) is 0 Å². The van der Waals surface area contributed by atoms with Crippen LogP contribution in [0.5, 0.6) is 0 Å². The highest BCUT2D eigenvalue weighted by atomic mass is 35.5. The number of fused-ring (bicyclic) bond motifs is 1. The largest absolute Gasteiger partial charge is 0.379 e. The van der Waals surface area contributed by atoms with Crippen molar-refractivity contribution in [2.45, 2.75) is 13.0 Å². The van der Waals surface area contributed by atoms with Gasteiger partial charge in [0.05, 0.1) is 19.3 Å². The summed E-state index contributed by atoms with van der Waals surface area (Å²) in [6, 6.07) is 16.2. The number of benzene rings is 2. The van der Waals surface area contributed by atoms with Gasteiger partial charge >= 0.3 is 0 Å². The molecule has 0 unspecified atom stereocenters. The number of hydrogen-bond acceptors (Lipinski definition) is 3. The maximum absolute atomic E-state index is 13.0. The fourth-order valence-corrected chi connectivity index (χ4v) is 4.12. The Morgan fingerprint density at radius 2 is 1.86 bits per heavy atom. The van der Waals surface area contributed by atoms with Crippen LogP contribution in [0, 0.1) is 6.92 Å². The van der Waals surface area contributed by atoms with Gasteiger partial charge in [0, 0.05) is 42.6 Å². The number of aromatic nitrogens is 1. The smallest absolute Gasteiger partial charge is 0.267 e. The predicted octanol–water partition coefficient (Wildman–Crippen LogP) is 3.94. The summed E-state index contributed by atoms with van der Waals surface area (Å²) in [7, 11) is 1.94. The Bertz CT molecular complexity index is 1010. The summed E-state index contributed by atoms with van der Waals surface area (Å²) in [6.45, 7) is 5.69. The first-order valence-corrected chi connectivity index (χ1v) is 10.3. The average molecular weight is 412 g/mol. The second kappa shape index (κ2) is 8.57. The van der Waals surface area contributed by atoms with E-state index in [-0.39, 0.29) is 11.9 Å². The highest BCUT2D eigenvalue weighted by Crippen LogP contribution is 2.24. The Morgan fingerprint density at radius 3 is 2.59 bits per heavy atom. The summed E-state index contributed by atoms with van der Waals surface area (Å²) >= 11 is 6.07. The number of nitrogens with one attached hydrogen (secondary N) is 1. The Balaban J connectivity index is 1.54. The van der Waals surface area contributed by atoms with Gasteiger partial charge in [0.25, 0.3) is 5.91 Å². The molecule has 1 fully saturated rings. The van der Waals surface area contributed by atoms with E-state index < -0.39 is 0 Å². The molecule has 0 radical (unpaired) electrons. The minimum atomic E-state index is -0.0615. The standard InChI is InChI=1S/C23H26ClN3O2/c1-16-3-8-20-18(13-16)14-21(26(20)2)23(28)25-15-22(27-9-11-29-12-10-27)17-4-6-19(24)7-5-17/h3-8,13-14,22H,9-12,15H2,1-2H3,(H,25,28)/t22-/m1/s1. The van der Waals surface area contributed by atoms with Crippen LogP contribution >= 0.6 is 11.6 Å². The van der Waals surface area contributed by atoms with E-state index in [0.29, 0.717) is 30.5 Å². The van der Waals surface area contributed by atoms with E-state index in [1.807, 2.05) is 41.9 Å². The Morgan fingerprint density at radius 1 is 1.14 bits per heavy atom. The molecule has 1 N–H and O–H groups in total. The van der Waals surface area contributed by atoms with E-state index in [2.05, 4.69) is 35.3 Å². The second-order valence-corrected chi connectivity index (χ2v) is 8.01. The summed E-state index contributed by atoms with van der Waals surface area (Å²) in [4.78, 5) is 15.4. The monoisotopic (exact) mass is 411 g/mol. The molecule has 29 heavy (non-hydrogen) atoms. The molecule has 2 aromatic carbocycles. The maximum Gasteiger partial charge on any atom is 0.267 e. The van der Waals surface area contributed by atoms with Crippen molar-refractivity contribution < 1.29 is 9.53 Å². The summed E-state index contributed by atoms with van der Waals surface area (Å²) in [5.41, 5.74) is 4.06. The number of halogens is 1. The van der Waals surface area contributed by atoms with Gasteiger partial charge in [-0.3, -0.25) is 9.69 Å². The van der Waals surface area contributed by atoms with Gasteiger partial charge in [0.1, 0.15) is 5.69 Å². The lowest BCUT2D eigenvalue weighted by atomic mass is 10.0. The molecule has 1 aromatic heterocycles. The number of ether oxygens (including phenoxy) is 1. The average Bonchev–Trinajstić information content (AvgIpc) is 3.06. The van der Waals surface area contributed by atoms with E-state index in [0.717, 1.165) is 29.6 Å². The van der Waals surface area contributed by atoms with E-state index in [4.69, 9.17) is 16.3 Å². The molecule has 0 saturated carbocycles. The van der Waals surface area contributed by atoms with Gasteiger partial charge in [-0.05, 0) is 42.8 Å². The number of amides is 1. The first-order valence-electron chi connectivity index (χ1n) is 9.94.